The van der Waals surface area contributed by atoms with E-state index in [1.165, 1.54) is 17.5 Å². The molecular weight excluding hydrogens is 320 g/mol. The molecule has 1 aromatic carbocycles. The van der Waals surface area contributed by atoms with Gasteiger partial charge in [-0.25, -0.2) is 0 Å². The molecule has 2 rings (SSSR count). The lowest BCUT2D eigenvalue weighted by atomic mass is 9.76. The third kappa shape index (κ3) is 2.96. The van der Waals surface area contributed by atoms with Crippen molar-refractivity contribution in [2.75, 3.05) is 21.3 Å². The van der Waals surface area contributed by atoms with Gasteiger partial charge in [-0.15, -0.1) is 0 Å². The van der Waals surface area contributed by atoms with Crippen LogP contribution in [-0.4, -0.2) is 26.9 Å². The molecule has 0 aliphatic heterocycles. The Kier molecular flexibility index (Phi) is 4.97. The summed E-state index contributed by atoms with van der Waals surface area (Å²) in [4.78, 5) is 0.266. The van der Waals surface area contributed by atoms with E-state index in [2.05, 4.69) is 28.9 Å². The van der Waals surface area contributed by atoms with Gasteiger partial charge in [0.1, 0.15) is 0 Å². The molecule has 0 bridgehead atoms. The largest absolute Gasteiger partial charge is 0.493 e. The van der Waals surface area contributed by atoms with Gasteiger partial charge in [-0.1, -0.05) is 15.9 Å². The van der Waals surface area contributed by atoms with Crippen LogP contribution in [-0.2, 0) is 4.74 Å². The lowest BCUT2D eigenvalue weighted by Gasteiger charge is -2.42. The van der Waals surface area contributed by atoms with E-state index in [4.69, 9.17) is 14.2 Å². The molecule has 112 valence electrons. The van der Waals surface area contributed by atoms with E-state index in [1.807, 2.05) is 13.2 Å². The predicted octanol–water partition coefficient (Wildman–Crippen LogP) is 4.41. The SMILES string of the molecule is COc1cc(C)c(C(Br)CC2(OC)CCC2)cc1OC. The van der Waals surface area contributed by atoms with Crippen molar-refractivity contribution >= 4 is 15.9 Å². The Bertz CT molecular complexity index is 464. The lowest BCUT2D eigenvalue weighted by Crippen LogP contribution is -2.39. The van der Waals surface area contributed by atoms with Crippen LogP contribution in [0.15, 0.2) is 12.1 Å². The molecule has 0 spiro atoms. The number of benzene rings is 1. The highest BCUT2D eigenvalue weighted by molar-refractivity contribution is 9.09. The summed E-state index contributed by atoms with van der Waals surface area (Å²) < 4.78 is 16.5. The fraction of sp³-hybridized carbons (Fsp3) is 0.625. The first kappa shape index (κ1) is 15.6. The van der Waals surface area contributed by atoms with E-state index in [0.29, 0.717) is 0 Å². The van der Waals surface area contributed by atoms with Crippen LogP contribution in [0.4, 0.5) is 0 Å². The first-order chi connectivity index (χ1) is 9.55. The second-order valence-corrected chi connectivity index (χ2v) is 6.58. The van der Waals surface area contributed by atoms with Gasteiger partial charge in [0.25, 0.3) is 0 Å². The molecular formula is C16H23BrO3. The summed E-state index contributed by atoms with van der Waals surface area (Å²) in [6.07, 6.45) is 4.55. The van der Waals surface area contributed by atoms with Crippen molar-refractivity contribution in [3.8, 4) is 11.5 Å². The van der Waals surface area contributed by atoms with Crippen LogP contribution < -0.4 is 9.47 Å². The number of hydrogen-bond acceptors (Lipinski definition) is 3. The maximum Gasteiger partial charge on any atom is 0.161 e. The Morgan fingerprint density at radius 2 is 1.75 bits per heavy atom. The van der Waals surface area contributed by atoms with Crippen LogP contribution >= 0.6 is 15.9 Å². The van der Waals surface area contributed by atoms with Crippen molar-refractivity contribution in [2.24, 2.45) is 0 Å². The quantitative estimate of drug-likeness (QED) is 0.716. The Hall–Kier alpha value is -0.740. The third-order valence-electron chi connectivity index (χ3n) is 4.36. The van der Waals surface area contributed by atoms with Gasteiger partial charge in [-0.05, 0) is 55.9 Å². The minimum Gasteiger partial charge on any atom is -0.493 e. The Morgan fingerprint density at radius 1 is 1.15 bits per heavy atom. The van der Waals surface area contributed by atoms with Crippen molar-refractivity contribution in [3.05, 3.63) is 23.3 Å². The number of ether oxygens (including phenoxy) is 3. The van der Waals surface area contributed by atoms with Gasteiger partial charge < -0.3 is 14.2 Å². The molecule has 1 aliphatic rings. The van der Waals surface area contributed by atoms with Crippen molar-refractivity contribution in [1.82, 2.24) is 0 Å². The van der Waals surface area contributed by atoms with Gasteiger partial charge in [0.2, 0.25) is 0 Å². The standard InChI is InChI=1S/C16H23BrO3/c1-11-8-14(18-2)15(19-3)9-12(11)13(17)10-16(20-4)6-5-7-16/h8-9,13H,5-7,10H2,1-4H3. The lowest BCUT2D eigenvalue weighted by molar-refractivity contribution is -0.0773. The highest BCUT2D eigenvalue weighted by Crippen LogP contribution is 2.46. The molecule has 0 radical (unpaired) electrons. The number of rotatable bonds is 6. The van der Waals surface area contributed by atoms with Crippen LogP contribution in [0.1, 0.15) is 41.6 Å². The van der Waals surface area contributed by atoms with Crippen LogP contribution in [0, 0.1) is 6.92 Å². The average Bonchev–Trinajstić information content (AvgIpc) is 2.42. The molecule has 0 heterocycles. The summed E-state index contributed by atoms with van der Waals surface area (Å²) in [5, 5.41) is 0. The second-order valence-electron chi connectivity index (χ2n) is 5.48. The summed E-state index contributed by atoms with van der Waals surface area (Å²) in [7, 11) is 5.15. The zero-order valence-corrected chi connectivity index (χ0v) is 14.2. The fourth-order valence-corrected chi connectivity index (χ4v) is 3.92. The van der Waals surface area contributed by atoms with E-state index in [1.54, 1.807) is 14.2 Å². The smallest absolute Gasteiger partial charge is 0.161 e. The minimum absolute atomic E-state index is 0.0494. The molecule has 1 aromatic rings. The average molecular weight is 343 g/mol. The highest BCUT2D eigenvalue weighted by atomic mass is 79.9. The van der Waals surface area contributed by atoms with E-state index in [9.17, 15) is 0 Å². The van der Waals surface area contributed by atoms with E-state index < -0.39 is 0 Å². The monoisotopic (exact) mass is 342 g/mol. The maximum absolute atomic E-state index is 5.72. The predicted molar refractivity (Wildman–Crippen MR) is 84.2 cm³/mol. The van der Waals surface area contributed by atoms with Gasteiger partial charge in [-0.3, -0.25) is 0 Å². The van der Waals surface area contributed by atoms with E-state index in [-0.39, 0.29) is 10.4 Å². The number of halogens is 1. The number of methoxy groups -OCH3 is 3. The van der Waals surface area contributed by atoms with Crippen molar-refractivity contribution < 1.29 is 14.2 Å². The summed E-state index contributed by atoms with van der Waals surface area (Å²) in [5.74, 6) is 1.55. The molecule has 4 heteroatoms. The normalized spacial score (nSPS) is 18.2. The Morgan fingerprint density at radius 3 is 2.20 bits per heavy atom. The molecule has 1 unspecified atom stereocenters. The van der Waals surface area contributed by atoms with Gasteiger partial charge in [0, 0.05) is 11.9 Å². The van der Waals surface area contributed by atoms with Gasteiger partial charge >= 0.3 is 0 Å². The molecule has 1 aliphatic carbocycles. The molecule has 0 amide bonds. The van der Waals surface area contributed by atoms with Crippen molar-refractivity contribution in [1.29, 1.82) is 0 Å². The van der Waals surface area contributed by atoms with Crippen LogP contribution in [0.25, 0.3) is 0 Å². The minimum atomic E-state index is 0.0494. The molecule has 1 saturated carbocycles. The molecule has 0 saturated heterocycles. The topological polar surface area (TPSA) is 27.7 Å². The van der Waals surface area contributed by atoms with Crippen molar-refractivity contribution in [2.45, 2.75) is 43.0 Å². The summed E-state index contributed by atoms with van der Waals surface area (Å²) in [6, 6.07) is 4.10. The molecule has 1 atom stereocenters. The summed E-state index contributed by atoms with van der Waals surface area (Å²) in [6.45, 7) is 2.10. The number of alkyl halides is 1. The van der Waals surface area contributed by atoms with Gasteiger partial charge in [-0.2, -0.15) is 0 Å². The van der Waals surface area contributed by atoms with Crippen LogP contribution in [0.3, 0.4) is 0 Å². The van der Waals surface area contributed by atoms with E-state index >= 15 is 0 Å². The molecule has 1 fully saturated rings. The fourth-order valence-electron chi connectivity index (χ4n) is 2.83. The van der Waals surface area contributed by atoms with Crippen LogP contribution in [0.2, 0.25) is 0 Å². The molecule has 20 heavy (non-hydrogen) atoms. The molecule has 0 N–H and O–H groups in total. The first-order valence-corrected chi connectivity index (χ1v) is 7.88. The van der Waals surface area contributed by atoms with Gasteiger partial charge in [0.05, 0.1) is 19.8 Å². The Balaban J connectivity index is 2.23. The van der Waals surface area contributed by atoms with Crippen molar-refractivity contribution in [3.63, 3.8) is 0 Å². The first-order valence-electron chi connectivity index (χ1n) is 6.97. The third-order valence-corrected chi connectivity index (χ3v) is 5.18. The van der Waals surface area contributed by atoms with Crippen LogP contribution in [0.5, 0.6) is 11.5 Å². The number of hydrogen-bond donors (Lipinski definition) is 0. The van der Waals surface area contributed by atoms with E-state index in [0.717, 1.165) is 30.8 Å². The summed E-state index contributed by atoms with van der Waals surface area (Å²) in [5.41, 5.74) is 2.49. The number of aryl methyl sites for hydroxylation is 1. The molecule has 0 aromatic heterocycles. The second kappa shape index (κ2) is 6.35. The molecule has 3 nitrogen and oxygen atoms in total. The highest BCUT2D eigenvalue weighted by Gasteiger charge is 2.39. The summed E-state index contributed by atoms with van der Waals surface area (Å²) >= 11 is 3.82. The van der Waals surface area contributed by atoms with Gasteiger partial charge in [0.15, 0.2) is 11.5 Å². The zero-order chi connectivity index (χ0) is 14.8. The zero-order valence-electron chi connectivity index (χ0n) is 12.7. The maximum atomic E-state index is 5.72. The Labute approximate surface area is 129 Å².